The van der Waals surface area contributed by atoms with Crippen molar-refractivity contribution in [3.05, 3.63) is 65.2 Å². The van der Waals surface area contributed by atoms with E-state index in [-0.39, 0.29) is 5.91 Å². The fourth-order valence-electron chi connectivity index (χ4n) is 1.84. The topological polar surface area (TPSA) is 29.1 Å². The van der Waals surface area contributed by atoms with Crippen molar-refractivity contribution < 1.29 is 4.79 Å². The molecule has 0 spiro atoms. The van der Waals surface area contributed by atoms with Crippen LogP contribution in [0.2, 0.25) is 0 Å². The van der Waals surface area contributed by atoms with Gasteiger partial charge < -0.3 is 5.32 Å². The highest BCUT2D eigenvalue weighted by atomic mass is 35.6. The zero-order valence-corrected chi connectivity index (χ0v) is 15.7. The second-order valence-corrected chi connectivity index (χ2v) is 8.74. The standard InChI is InChI=1S/C17H16Cl3NOS/c1-11-3-7-13(8-4-11)15(22)21-16(17(18,19)20)23-14-9-5-12(2)6-10-14/h3-10,16H,1-2H3,(H,21,22)/t16-/m1/s1. The Hall–Kier alpha value is -0.870. The number of benzene rings is 2. The highest BCUT2D eigenvalue weighted by molar-refractivity contribution is 8.00. The molecule has 0 radical (unpaired) electrons. The van der Waals surface area contributed by atoms with E-state index in [9.17, 15) is 4.79 Å². The molecule has 0 aliphatic carbocycles. The highest BCUT2D eigenvalue weighted by Crippen LogP contribution is 2.39. The number of hydrogen-bond acceptors (Lipinski definition) is 2. The van der Waals surface area contributed by atoms with Gasteiger partial charge in [-0.25, -0.2) is 0 Å². The summed E-state index contributed by atoms with van der Waals surface area (Å²) < 4.78 is -1.63. The molecule has 2 rings (SSSR count). The van der Waals surface area contributed by atoms with Gasteiger partial charge in [-0.3, -0.25) is 4.79 Å². The lowest BCUT2D eigenvalue weighted by Gasteiger charge is -2.25. The van der Waals surface area contributed by atoms with Gasteiger partial charge in [0, 0.05) is 10.5 Å². The lowest BCUT2D eigenvalue weighted by Crippen LogP contribution is -2.41. The number of nitrogens with one attached hydrogen (secondary N) is 1. The third kappa shape index (κ3) is 5.61. The Balaban J connectivity index is 2.14. The van der Waals surface area contributed by atoms with Crippen molar-refractivity contribution in [2.75, 3.05) is 0 Å². The molecule has 2 aromatic rings. The van der Waals surface area contributed by atoms with E-state index in [0.717, 1.165) is 16.0 Å². The number of rotatable bonds is 4. The van der Waals surface area contributed by atoms with Crippen LogP contribution in [-0.4, -0.2) is 15.1 Å². The van der Waals surface area contributed by atoms with Gasteiger partial charge in [-0.05, 0) is 38.1 Å². The Morgan fingerprint density at radius 3 is 1.91 bits per heavy atom. The van der Waals surface area contributed by atoms with E-state index in [4.69, 9.17) is 34.8 Å². The monoisotopic (exact) mass is 387 g/mol. The second kappa shape index (κ2) is 7.80. The molecule has 6 heteroatoms. The van der Waals surface area contributed by atoms with Crippen molar-refractivity contribution in [3.63, 3.8) is 0 Å². The summed E-state index contributed by atoms with van der Waals surface area (Å²) in [5.74, 6) is -0.277. The van der Waals surface area contributed by atoms with E-state index >= 15 is 0 Å². The minimum Gasteiger partial charge on any atom is -0.336 e. The minimum absolute atomic E-state index is 0.277. The van der Waals surface area contributed by atoms with Crippen LogP contribution in [0.3, 0.4) is 0 Å². The zero-order valence-electron chi connectivity index (χ0n) is 12.6. The SMILES string of the molecule is Cc1ccc(S[C@@H](NC(=O)c2ccc(C)cc2)C(Cl)(Cl)Cl)cc1. The lowest BCUT2D eigenvalue weighted by molar-refractivity contribution is 0.0950. The van der Waals surface area contributed by atoms with Crippen molar-refractivity contribution in [1.29, 1.82) is 0 Å². The van der Waals surface area contributed by atoms with Crippen LogP contribution in [0.5, 0.6) is 0 Å². The van der Waals surface area contributed by atoms with E-state index in [0.29, 0.717) is 5.56 Å². The number of carbonyl (C=O) groups is 1. The van der Waals surface area contributed by atoms with E-state index < -0.39 is 9.17 Å². The predicted octanol–water partition coefficient (Wildman–Crippen LogP) is 5.52. The summed E-state index contributed by atoms with van der Waals surface area (Å²) in [5, 5.41) is 2.08. The Morgan fingerprint density at radius 1 is 0.957 bits per heavy atom. The molecule has 122 valence electrons. The van der Waals surface area contributed by atoms with E-state index in [1.165, 1.54) is 11.8 Å². The van der Waals surface area contributed by atoms with Crippen molar-refractivity contribution in [2.45, 2.75) is 27.9 Å². The summed E-state index contributed by atoms with van der Waals surface area (Å²) in [7, 11) is 0. The third-order valence-electron chi connectivity index (χ3n) is 3.15. The molecule has 2 aromatic carbocycles. The molecule has 1 atom stereocenters. The molecule has 1 amide bonds. The van der Waals surface area contributed by atoms with Crippen LogP contribution in [0.25, 0.3) is 0 Å². The minimum atomic E-state index is -1.63. The molecule has 0 heterocycles. The highest BCUT2D eigenvalue weighted by Gasteiger charge is 2.35. The first kappa shape index (κ1) is 18.5. The maximum absolute atomic E-state index is 12.4. The number of thioether (sulfide) groups is 1. The first-order chi connectivity index (χ1) is 10.8. The van der Waals surface area contributed by atoms with Gasteiger partial charge in [-0.2, -0.15) is 0 Å². The van der Waals surface area contributed by atoms with Crippen LogP contribution in [0.1, 0.15) is 21.5 Å². The predicted molar refractivity (Wildman–Crippen MR) is 99.8 cm³/mol. The van der Waals surface area contributed by atoms with Gasteiger partial charge >= 0.3 is 0 Å². The number of alkyl halides is 3. The van der Waals surface area contributed by atoms with Crippen LogP contribution in [0.15, 0.2) is 53.4 Å². The number of halogens is 3. The summed E-state index contributed by atoms with van der Waals surface area (Å²) in [5.41, 5.74) is 2.75. The molecule has 0 saturated carbocycles. The lowest BCUT2D eigenvalue weighted by atomic mass is 10.1. The van der Waals surface area contributed by atoms with Gasteiger partial charge in [0.15, 0.2) is 0 Å². The Labute approximate surface area is 155 Å². The maximum Gasteiger partial charge on any atom is 0.252 e. The van der Waals surface area contributed by atoms with E-state index in [1.807, 2.05) is 50.2 Å². The van der Waals surface area contributed by atoms with Crippen LogP contribution in [0.4, 0.5) is 0 Å². The van der Waals surface area contributed by atoms with Gasteiger partial charge in [-0.15, -0.1) is 0 Å². The quantitative estimate of drug-likeness (QED) is 0.424. The number of amides is 1. The van der Waals surface area contributed by atoms with Gasteiger partial charge in [-0.1, -0.05) is 82.0 Å². The Kier molecular flexibility index (Phi) is 6.26. The molecule has 0 aliphatic heterocycles. The summed E-state index contributed by atoms with van der Waals surface area (Å²) >= 11 is 19.4. The van der Waals surface area contributed by atoms with Gasteiger partial charge in [0.1, 0.15) is 5.37 Å². The smallest absolute Gasteiger partial charge is 0.252 e. The molecule has 0 saturated heterocycles. The summed E-state index contributed by atoms with van der Waals surface area (Å²) in [6.45, 7) is 3.96. The largest absolute Gasteiger partial charge is 0.336 e. The molecule has 0 bridgehead atoms. The zero-order chi connectivity index (χ0) is 17.0. The average molecular weight is 389 g/mol. The molecule has 0 fully saturated rings. The van der Waals surface area contributed by atoms with Crippen LogP contribution >= 0.6 is 46.6 Å². The number of hydrogen-bond donors (Lipinski definition) is 1. The van der Waals surface area contributed by atoms with Crippen molar-refractivity contribution in [1.82, 2.24) is 5.32 Å². The molecule has 23 heavy (non-hydrogen) atoms. The summed E-state index contributed by atoms with van der Waals surface area (Å²) in [6, 6.07) is 15.0. The third-order valence-corrected chi connectivity index (χ3v) is 5.44. The van der Waals surface area contributed by atoms with E-state index in [2.05, 4.69) is 5.32 Å². The number of aryl methyl sites for hydroxylation is 2. The van der Waals surface area contributed by atoms with Gasteiger partial charge in [0.25, 0.3) is 5.91 Å². The van der Waals surface area contributed by atoms with E-state index in [1.54, 1.807) is 12.1 Å². The Bertz CT molecular complexity index is 666. The van der Waals surface area contributed by atoms with Gasteiger partial charge in [0.2, 0.25) is 3.79 Å². The molecule has 0 unspecified atom stereocenters. The Morgan fingerprint density at radius 2 is 1.43 bits per heavy atom. The summed E-state index contributed by atoms with van der Waals surface area (Å²) in [6.07, 6.45) is 0. The first-order valence-corrected chi connectivity index (χ1v) is 8.94. The molecular weight excluding hydrogens is 373 g/mol. The first-order valence-electron chi connectivity index (χ1n) is 6.93. The van der Waals surface area contributed by atoms with Crippen molar-refractivity contribution in [2.24, 2.45) is 0 Å². The van der Waals surface area contributed by atoms with Gasteiger partial charge in [0.05, 0.1) is 0 Å². The molecule has 0 aliphatic rings. The van der Waals surface area contributed by atoms with Crippen LogP contribution in [0, 0.1) is 13.8 Å². The normalized spacial score (nSPS) is 12.7. The molecule has 2 nitrogen and oxygen atoms in total. The van der Waals surface area contributed by atoms with Crippen molar-refractivity contribution in [3.8, 4) is 0 Å². The average Bonchev–Trinajstić information content (AvgIpc) is 2.48. The fourth-order valence-corrected chi connectivity index (χ4v) is 3.27. The van der Waals surface area contributed by atoms with Crippen LogP contribution < -0.4 is 5.32 Å². The van der Waals surface area contributed by atoms with Crippen LogP contribution in [-0.2, 0) is 0 Å². The maximum atomic E-state index is 12.4. The molecular formula is C17H16Cl3NOS. The molecule has 1 N–H and O–H groups in total. The summed E-state index contributed by atoms with van der Waals surface area (Å²) in [4.78, 5) is 13.3. The number of carbonyl (C=O) groups excluding carboxylic acids is 1. The second-order valence-electron chi connectivity index (χ2n) is 5.19. The fraction of sp³-hybridized carbons (Fsp3) is 0.235. The molecule has 0 aromatic heterocycles. The van der Waals surface area contributed by atoms with Crippen molar-refractivity contribution >= 4 is 52.5 Å².